The fraction of sp³-hybridized carbons (Fsp3) is 0.933. The fourth-order valence-corrected chi connectivity index (χ4v) is 3.42. The molecule has 1 atom stereocenters. The summed E-state index contributed by atoms with van der Waals surface area (Å²) in [6.07, 6.45) is 9.03. The number of rotatable bonds is 2. The lowest BCUT2D eigenvalue weighted by atomic mass is 9.85. The molecule has 1 aliphatic heterocycles. The quantitative estimate of drug-likeness (QED) is 0.821. The van der Waals surface area contributed by atoms with Crippen LogP contribution in [0, 0.1) is 11.8 Å². The van der Waals surface area contributed by atoms with E-state index in [9.17, 15) is 4.79 Å². The van der Waals surface area contributed by atoms with E-state index in [4.69, 9.17) is 5.73 Å². The number of nitrogens with two attached hydrogens (primary N) is 1. The summed E-state index contributed by atoms with van der Waals surface area (Å²) in [6, 6.07) is 0.336. The Kier molecular flexibility index (Phi) is 5.04. The van der Waals surface area contributed by atoms with E-state index in [0.717, 1.165) is 44.7 Å². The van der Waals surface area contributed by atoms with Gasteiger partial charge in [0, 0.05) is 25.0 Å². The summed E-state index contributed by atoms with van der Waals surface area (Å²) >= 11 is 0. The molecular weight excluding hydrogens is 224 g/mol. The Hall–Kier alpha value is -0.570. The van der Waals surface area contributed by atoms with E-state index in [1.54, 1.807) is 0 Å². The summed E-state index contributed by atoms with van der Waals surface area (Å²) in [5.74, 6) is 1.52. The van der Waals surface area contributed by atoms with E-state index in [0.29, 0.717) is 11.9 Å². The molecule has 1 saturated heterocycles. The Morgan fingerprint density at radius 2 is 1.83 bits per heavy atom. The van der Waals surface area contributed by atoms with Gasteiger partial charge in [0.1, 0.15) is 0 Å². The van der Waals surface area contributed by atoms with Crippen LogP contribution in [0.3, 0.4) is 0 Å². The first-order chi connectivity index (χ1) is 8.70. The van der Waals surface area contributed by atoms with Gasteiger partial charge in [-0.25, -0.2) is 0 Å². The van der Waals surface area contributed by atoms with Crippen LogP contribution in [-0.2, 0) is 4.79 Å². The van der Waals surface area contributed by atoms with Crippen LogP contribution < -0.4 is 5.73 Å². The standard InChI is InChI=1S/C15H28N2O/c1-2-12-4-3-10-17(11-9-12)15(18)13-5-7-14(16)8-6-13/h12-14H,2-11,16H2,1H3. The minimum Gasteiger partial charge on any atom is -0.342 e. The van der Waals surface area contributed by atoms with Crippen molar-refractivity contribution in [1.29, 1.82) is 0 Å². The van der Waals surface area contributed by atoms with Gasteiger partial charge < -0.3 is 10.6 Å². The molecule has 0 bridgehead atoms. The molecule has 0 aromatic rings. The highest BCUT2D eigenvalue weighted by atomic mass is 16.2. The number of carbonyl (C=O) groups excluding carboxylic acids is 1. The molecule has 2 N–H and O–H groups in total. The average Bonchev–Trinajstić information content (AvgIpc) is 2.64. The monoisotopic (exact) mass is 252 g/mol. The lowest BCUT2D eigenvalue weighted by molar-refractivity contribution is -0.136. The highest BCUT2D eigenvalue weighted by molar-refractivity contribution is 5.79. The van der Waals surface area contributed by atoms with Crippen LogP contribution in [0.2, 0.25) is 0 Å². The van der Waals surface area contributed by atoms with Gasteiger partial charge in [0.05, 0.1) is 0 Å². The molecule has 0 spiro atoms. The van der Waals surface area contributed by atoms with E-state index in [2.05, 4.69) is 11.8 Å². The van der Waals surface area contributed by atoms with Crippen molar-refractivity contribution in [3.63, 3.8) is 0 Å². The van der Waals surface area contributed by atoms with Gasteiger partial charge in [-0.3, -0.25) is 4.79 Å². The molecule has 1 saturated carbocycles. The Morgan fingerprint density at radius 3 is 2.50 bits per heavy atom. The first-order valence-corrected chi connectivity index (χ1v) is 7.75. The highest BCUT2D eigenvalue weighted by Crippen LogP contribution is 2.27. The van der Waals surface area contributed by atoms with Crippen LogP contribution in [0.5, 0.6) is 0 Å². The first-order valence-electron chi connectivity index (χ1n) is 7.75. The topological polar surface area (TPSA) is 46.3 Å². The molecule has 1 heterocycles. The van der Waals surface area contributed by atoms with Crippen LogP contribution in [0.15, 0.2) is 0 Å². The summed E-state index contributed by atoms with van der Waals surface area (Å²) in [5, 5.41) is 0. The maximum absolute atomic E-state index is 12.5. The first kappa shape index (κ1) is 13.9. The predicted octanol–water partition coefficient (Wildman–Crippen LogP) is 2.54. The van der Waals surface area contributed by atoms with Gasteiger partial charge in [0.25, 0.3) is 0 Å². The van der Waals surface area contributed by atoms with Crippen molar-refractivity contribution in [2.75, 3.05) is 13.1 Å². The number of carbonyl (C=O) groups is 1. The minimum absolute atomic E-state index is 0.267. The maximum Gasteiger partial charge on any atom is 0.225 e. The molecule has 0 radical (unpaired) electrons. The van der Waals surface area contributed by atoms with Gasteiger partial charge in [-0.05, 0) is 50.9 Å². The summed E-state index contributed by atoms with van der Waals surface area (Å²) in [4.78, 5) is 14.6. The molecule has 1 unspecified atom stereocenters. The summed E-state index contributed by atoms with van der Waals surface area (Å²) in [6.45, 7) is 4.24. The van der Waals surface area contributed by atoms with Gasteiger partial charge in [-0.15, -0.1) is 0 Å². The second-order valence-corrected chi connectivity index (χ2v) is 6.14. The third-order valence-corrected chi connectivity index (χ3v) is 4.86. The van der Waals surface area contributed by atoms with Gasteiger partial charge in [-0.2, -0.15) is 0 Å². The van der Waals surface area contributed by atoms with Crippen LogP contribution in [-0.4, -0.2) is 29.9 Å². The molecule has 0 aromatic heterocycles. The average molecular weight is 252 g/mol. The molecule has 2 fully saturated rings. The largest absolute Gasteiger partial charge is 0.342 e. The van der Waals surface area contributed by atoms with Crippen molar-refractivity contribution in [2.24, 2.45) is 17.6 Å². The molecule has 0 aromatic carbocycles. The second-order valence-electron chi connectivity index (χ2n) is 6.14. The smallest absolute Gasteiger partial charge is 0.225 e. The SMILES string of the molecule is CCC1CCCN(C(=O)C2CCC(N)CC2)CC1. The predicted molar refractivity (Wildman–Crippen MR) is 74.1 cm³/mol. The number of nitrogens with zero attached hydrogens (tertiary/aromatic N) is 1. The summed E-state index contributed by atoms with van der Waals surface area (Å²) < 4.78 is 0. The lowest BCUT2D eigenvalue weighted by Gasteiger charge is -2.30. The van der Waals surface area contributed by atoms with Crippen molar-refractivity contribution in [1.82, 2.24) is 4.90 Å². The number of hydrogen-bond donors (Lipinski definition) is 1. The highest BCUT2D eigenvalue weighted by Gasteiger charge is 2.29. The zero-order chi connectivity index (χ0) is 13.0. The number of amides is 1. The Bertz CT molecular complexity index is 272. The lowest BCUT2D eigenvalue weighted by Crippen LogP contribution is -2.40. The third-order valence-electron chi connectivity index (χ3n) is 4.86. The molecule has 2 rings (SSSR count). The van der Waals surface area contributed by atoms with Crippen molar-refractivity contribution < 1.29 is 4.79 Å². The van der Waals surface area contributed by atoms with Gasteiger partial charge in [-0.1, -0.05) is 13.3 Å². The molecule has 3 heteroatoms. The molecule has 18 heavy (non-hydrogen) atoms. The van der Waals surface area contributed by atoms with Crippen molar-refractivity contribution in [2.45, 2.75) is 64.3 Å². The van der Waals surface area contributed by atoms with Crippen LogP contribution >= 0.6 is 0 Å². The number of hydrogen-bond acceptors (Lipinski definition) is 2. The third kappa shape index (κ3) is 3.47. The minimum atomic E-state index is 0.267. The summed E-state index contributed by atoms with van der Waals surface area (Å²) in [7, 11) is 0. The van der Waals surface area contributed by atoms with E-state index >= 15 is 0 Å². The molecule has 3 nitrogen and oxygen atoms in total. The zero-order valence-electron chi connectivity index (χ0n) is 11.7. The maximum atomic E-state index is 12.5. The zero-order valence-corrected chi connectivity index (χ0v) is 11.7. The van der Waals surface area contributed by atoms with E-state index in [1.807, 2.05) is 0 Å². The van der Waals surface area contributed by atoms with Gasteiger partial charge in [0.2, 0.25) is 5.91 Å². The van der Waals surface area contributed by atoms with Crippen molar-refractivity contribution >= 4 is 5.91 Å². The summed E-state index contributed by atoms with van der Waals surface area (Å²) in [5.41, 5.74) is 5.91. The molecule has 1 aliphatic carbocycles. The van der Waals surface area contributed by atoms with E-state index < -0.39 is 0 Å². The van der Waals surface area contributed by atoms with E-state index in [-0.39, 0.29) is 5.92 Å². The van der Waals surface area contributed by atoms with Crippen LogP contribution in [0.4, 0.5) is 0 Å². The molecular formula is C15H28N2O. The Balaban J connectivity index is 1.85. The van der Waals surface area contributed by atoms with Gasteiger partial charge >= 0.3 is 0 Å². The molecule has 104 valence electrons. The van der Waals surface area contributed by atoms with Gasteiger partial charge in [0.15, 0.2) is 0 Å². The normalized spacial score (nSPS) is 34.1. The Labute approximate surface area is 111 Å². The van der Waals surface area contributed by atoms with Crippen molar-refractivity contribution in [3.05, 3.63) is 0 Å². The van der Waals surface area contributed by atoms with E-state index in [1.165, 1.54) is 25.7 Å². The number of likely N-dealkylation sites (tertiary alicyclic amines) is 1. The second kappa shape index (κ2) is 6.55. The Morgan fingerprint density at radius 1 is 1.11 bits per heavy atom. The van der Waals surface area contributed by atoms with Crippen molar-refractivity contribution in [3.8, 4) is 0 Å². The fourth-order valence-electron chi connectivity index (χ4n) is 3.42. The van der Waals surface area contributed by atoms with Crippen LogP contribution in [0.25, 0.3) is 0 Å². The molecule has 2 aliphatic rings. The van der Waals surface area contributed by atoms with Crippen LogP contribution in [0.1, 0.15) is 58.3 Å². The molecule has 1 amide bonds.